The maximum atomic E-state index is 5.11. The minimum Gasteiger partial charge on any atom is -0.208 e. The van der Waals surface area contributed by atoms with Crippen LogP contribution in [0, 0.1) is 11.8 Å². The van der Waals surface area contributed by atoms with Gasteiger partial charge in [0.15, 0.2) is 17.5 Å². The predicted molar refractivity (Wildman–Crippen MR) is 213 cm³/mol. The number of aromatic nitrogens is 7. The van der Waals surface area contributed by atoms with Crippen LogP contribution in [0.5, 0.6) is 0 Å². The maximum absolute atomic E-state index is 5.11. The minimum absolute atomic E-state index is 0.104. The highest BCUT2D eigenvalue weighted by Crippen LogP contribution is 2.33. The Labute approximate surface area is 310 Å². The molecule has 2 atom stereocenters. The Morgan fingerprint density at radius 1 is 0.444 bits per heavy atom. The molecule has 9 nitrogen and oxygen atoms in total. The molecular formula is C45H29N9. The second kappa shape index (κ2) is 13.3. The minimum atomic E-state index is 0.104. The summed E-state index contributed by atoms with van der Waals surface area (Å²) in [5.74, 6) is 1.88. The first-order valence-corrected chi connectivity index (χ1v) is 17.7. The summed E-state index contributed by atoms with van der Waals surface area (Å²) >= 11 is 0. The quantitative estimate of drug-likeness (QED) is 0.170. The average molecular weight is 696 g/mol. The predicted octanol–water partition coefficient (Wildman–Crippen LogP) is 9.24. The highest BCUT2D eigenvalue weighted by Gasteiger charge is 2.27. The molecule has 54 heavy (non-hydrogen) atoms. The van der Waals surface area contributed by atoms with Crippen molar-refractivity contribution in [2.45, 2.75) is 0 Å². The van der Waals surface area contributed by atoms with Crippen molar-refractivity contribution in [3.05, 3.63) is 164 Å². The van der Waals surface area contributed by atoms with Crippen LogP contribution in [0.2, 0.25) is 0 Å². The van der Waals surface area contributed by atoms with Crippen molar-refractivity contribution in [1.82, 2.24) is 35.3 Å². The molecule has 0 fully saturated rings. The van der Waals surface area contributed by atoms with Crippen LogP contribution < -0.4 is 0 Å². The summed E-state index contributed by atoms with van der Waals surface area (Å²) in [7, 11) is 0. The molecule has 254 valence electrons. The summed E-state index contributed by atoms with van der Waals surface area (Å²) in [5.41, 5.74) is 7.79. The molecule has 1 aliphatic heterocycles. The van der Waals surface area contributed by atoms with Crippen molar-refractivity contribution < 1.29 is 0 Å². The summed E-state index contributed by atoms with van der Waals surface area (Å²) < 4.78 is 0. The van der Waals surface area contributed by atoms with Gasteiger partial charge in [-0.15, -0.1) is 10.2 Å². The van der Waals surface area contributed by atoms with Gasteiger partial charge < -0.3 is 0 Å². The normalized spacial score (nSPS) is 16.0. The second-order valence-corrected chi connectivity index (χ2v) is 13.2. The largest absolute Gasteiger partial charge is 0.208 e. The molecule has 0 radical (unpaired) electrons. The Bertz CT molecular complexity index is 2720. The van der Waals surface area contributed by atoms with E-state index in [2.05, 4.69) is 91.3 Å². The molecule has 0 saturated heterocycles. The molecule has 0 N–H and O–H groups in total. The van der Waals surface area contributed by atoms with E-state index in [0.717, 1.165) is 72.0 Å². The molecule has 2 unspecified atom stereocenters. The highest BCUT2D eigenvalue weighted by atomic mass is 15.2. The van der Waals surface area contributed by atoms with Crippen molar-refractivity contribution in [3.63, 3.8) is 0 Å². The summed E-state index contributed by atoms with van der Waals surface area (Å²) in [6.45, 7) is 0. The van der Waals surface area contributed by atoms with E-state index in [1.807, 2.05) is 91.1 Å². The zero-order chi connectivity index (χ0) is 35.8. The van der Waals surface area contributed by atoms with Gasteiger partial charge in [-0.2, -0.15) is 20.4 Å². The summed E-state index contributed by atoms with van der Waals surface area (Å²) in [4.78, 5) is 15.3. The number of benzene rings is 5. The zero-order valence-corrected chi connectivity index (χ0v) is 28.8. The molecule has 4 heterocycles. The maximum Gasteiger partial charge on any atom is 0.164 e. The van der Waals surface area contributed by atoms with Gasteiger partial charge in [-0.1, -0.05) is 127 Å². The van der Waals surface area contributed by atoms with E-state index in [0.29, 0.717) is 17.5 Å². The van der Waals surface area contributed by atoms with E-state index in [1.54, 1.807) is 12.4 Å². The van der Waals surface area contributed by atoms with Crippen LogP contribution in [-0.4, -0.2) is 47.3 Å². The van der Waals surface area contributed by atoms with Crippen molar-refractivity contribution in [1.29, 1.82) is 0 Å². The Kier molecular flexibility index (Phi) is 7.72. The van der Waals surface area contributed by atoms with Gasteiger partial charge in [-0.05, 0) is 23.8 Å². The zero-order valence-electron chi connectivity index (χ0n) is 28.8. The molecule has 10 rings (SSSR count). The molecule has 0 bridgehead atoms. The van der Waals surface area contributed by atoms with Gasteiger partial charge in [0.2, 0.25) is 0 Å². The lowest BCUT2D eigenvalue weighted by Gasteiger charge is -2.24. The summed E-state index contributed by atoms with van der Waals surface area (Å²) in [6, 6.07) is 40.7. The van der Waals surface area contributed by atoms with Gasteiger partial charge in [0.05, 0.1) is 18.1 Å². The lowest BCUT2D eigenvalue weighted by Crippen LogP contribution is -2.26. The molecule has 3 aromatic heterocycles. The summed E-state index contributed by atoms with van der Waals surface area (Å²) in [6.07, 6.45) is 13.9. The lowest BCUT2D eigenvalue weighted by atomic mass is 9.82. The fourth-order valence-electron chi connectivity index (χ4n) is 7.20. The highest BCUT2D eigenvalue weighted by molar-refractivity contribution is 6.07. The molecule has 2 aliphatic rings. The average Bonchev–Trinajstić information content (AvgIpc) is 3.26. The Morgan fingerprint density at radius 3 is 1.50 bits per heavy atom. The standard InChI is InChI=1S/C45H29N9/c1-4-19-37-34(10-1)25-46-52-40(37)28-13-7-16-31(22-28)43-49-44(32-17-8-14-29(23-32)41-38-20-5-2-11-35(38)26-47-53-41)51-45(50-43)33-18-9-15-30(24-33)42-39-21-6-3-12-36(39)27-48-54-42/h1-27,34,37H. The van der Waals surface area contributed by atoms with Crippen LogP contribution in [0.25, 0.3) is 78.2 Å². The third kappa shape index (κ3) is 5.74. The summed E-state index contributed by atoms with van der Waals surface area (Å²) in [5, 5.41) is 30.7. The first kappa shape index (κ1) is 31.4. The van der Waals surface area contributed by atoms with Gasteiger partial charge in [0.25, 0.3) is 0 Å². The fourth-order valence-corrected chi connectivity index (χ4v) is 7.20. The number of allylic oxidation sites excluding steroid dienone is 4. The number of fused-ring (bicyclic) bond motifs is 3. The lowest BCUT2D eigenvalue weighted by molar-refractivity contribution is 0.733. The third-order valence-electron chi connectivity index (χ3n) is 9.88. The number of nitrogens with zero attached hydrogens (tertiary/aromatic N) is 9. The Balaban J connectivity index is 1.12. The molecule has 0 amide bonds. The van der Waals surface area contributed by atoms with Crippen molar-refractivity contribution >= 4 is 33.5 Å². The fraction of sp³-hybridized carbons (Fsp3) is 0.0444. The molecule has 1 aliphatic carbocycles. The van der Waals surface area contributed by atoms with E-state index >= 15 is 0 Å². The van der Waals surface area contributed by atoms with E-state index in [4.69, 9.17) is 15.0 Å². The van der Waals surface area contributed by atoms with Crippen molar-refractivity contribution in [2.24, 2.45) is 22.0 Å². The smallest absolute Gasteiger partial charge is 0.164 e. The van der Waals surface area contributed by atoms with Crippen molar-refractivity contribution in [3.8, 4) is 56.7 Å². The number of hydrogen-bond acceptors (Lipinski definition) is 9. The van der Waals surface area contributed by atoms with Gasteiger partial charge in [-0.25, -0.2) is 15.0 Å². The monoisotopic (exact) mass is 695 g/mol. The van der Waals surface area contributed by atoms with Crippen LogP contribution in [0.3, 0.4) is 0 Å². The molecule has 0 spiro atoms. The van der Waals surface area contributed by atoms with Gasteiger partial charge in [0.1, 0.15) is 11.4 Å². The first-order valence-electron chi connectivity index (χ1n) is 17.7. The second-order valence-electron chi connectivity index (χ2n) is 13.2. The van der Waals surface area contributed by atoms with Crippen molar-refractivity contribution in [2.75, 3.05) is 0 Å². The van der Waals surface area contributed by atoms with Gasteiger partial charge in [-0.3, -0.25) is 0 Å². The first-order chi connectivity index (χ1) is 26.7. The topological polar surface area (TPSA) is 115 Å². The molecule has 9 heteroatoms. The van der Waals surface area contributed by atoms with Gasteiger partial charge >= 0.3 is 0 Å². The third-order valence-corrected chi connectivity index (χ3v) is 9.88. The van der Waals surface area contributed by atoms with E-state index in [-0.39, 0.29) is 11.8 Å². The Morgan fingerprint density at radius 2 is 0.926 bits per heavy atom. The van der Waals surface area contributed by atoms with Crippen LogP contribution >= 0.6 is 0 Å². The van der Waals surface area contributed by atoms with Crippen LogP contribution in [-0.2, 0) is 0 Å². The van der Waals surface area contributed by atoms with E-state index < -0.39 is 0 Å². The van der Waals surface area contributed by atoms with E-state index in [9.17, 15) is 0 Å². The molecule has 0 saturated carbocycles. The van der Waals surface area contributed by atoms with Crippen LogP contribution in [0.4, 0.5) is 0 Å². The Hall–Kier alpha value is -7.39. The van der Waals surface area contributed by atoms with Gasteiger partial charge in [0, 0.05) is 67.4 Å². The van der Waals surface area contributed by atoms with Crippen LogP contribution in [0.15, 0.2) is 168 Å². The molecular weight excluding hydrogens is 667 g/mol. The van der Waals surface area contributed by atoms with Crippen LogP contribution in [0.1, 0.15) is 5.56 Å². The molecule has 8 aromatic rings. The molecule has 5 aromatic carbocycles. The SMILES string of the molecule is C1=CC2C=NN=C(c3cccc(-c4nc(-c5cccc(-c6nncc7ccccc67)c5)nc(-c5cccc(-c6nncc7ccccc67)c5)n4)c3)C2C=C1. The van der Waals surface area contributed by atoms with E-state index in [1.165, 1.54) is 0 Å². The number of rotatable bonds is 6. The number of hydrogen-bond donors (Lipinski definition) is 0.